The van der Waals surface area contributed by atoms with Gasteiger partial charge in [0.1, 0.15) is 18.2 Å². The number of hydrogen-bond donors (Lipinski definition) is 3. The summed E-state index contributed by atoms with van der Waals surface area (Å²) in [5.74, 6) is 2.06. The molecule has 0 amide bonds. The first kappa shape index (κ1) is 25.5. The molecule has 1 aliphatic heterocycles. The number of nitrogens with zero attached hydrogens (tertiary/aromatic N) is 1. The Kier molecular flexibility index (Phi) is 10.5. The van der Waals surface area contributed by atoms with Gasteiger partial charge >= 0.3 is 5.97 Å². The molecule has 4 rings (SSSR count). The molecular formula is C26H35FN2O3S. The van der Waals surface area contributed by atoms with Crippen LogP contribution in [-0.4, -0.2) is 41.0 Å². The maximum Gasteiger partial charge on any atom is 0.335 e. The third-order valence-corrected chi connectivity index (χ3v) is 6.74. The molecule has 0 spiro atoms. The van der Waals surface area contributed by atoms with Gasteiger partial charge in [-0.15, -0.1) is 0 Å². The van der Waals surface area contributed by atoms with Crippen LogP contribution >= 0.6 is 12.6 Å². The van der Waals surface area contributed by atoms with Crippen LogP contribution in [0.2, 0.25) is 0 Å². The van der Waals surface area contributed by atoms with E-state index in [4.69, 9.17) is 9.84 Å². The van der Waals surface area contributed by atoms with E-state index in [0.29, 0.717) is 6.04 Å². The van der Waals surface area contributed by atoms with Crippen LogP contribution in [0.25, 0.3) is 0 Å². The summed E-state index contributed by atoms with van der Waals surface area (Å²) in [6, 6.07) is 7.58. The quantitative estimate of drug-likeness (QED) is 0.447. The summed E-state index contributed by atoms with van der Waals surface area (Å²) in [6.45, 7) is 1.89. The second-order valence-corrected chi connectivity index (χ2v) is 9.50. The molecule has 1 aliphatic carbocycles. The molecule has 1 atom stereocenters. The molecule has 33 heavy (non-hydrogen) atoms. The van der Waals surface area contributed by atoms with E-state index >= 15 is 0 Å². The lowest BCUT2D eigenvalue weighted by Crippen LogP contribution is -2.28. The van der Waals surface area contributed by atoms with Crippen molar-refractivity contribution >= 4 is 18.6 Å². The van der Waals surface area contributed by atoms with E-state index in [2.05, 4.69) is 29.0 Å². The fourth-order valence-electron chi connectivity index (χ4n) is 4.61. The van der Waals surface area contributed by atoms with Gasteiger partial charge in [-0.1, -0.05) is 18.9 Å². The van der Waals surface area contributed by atoms with E-state index < -0.39 is 11.8 Å². The van der Waals surface area contributed by atoms with E-state index in [1.807, 2.05) is 12.4 Å². The van der Waals surface area contributed by atoms with E-state index in [0.717, 1.165) is 49.0 Å². The largest absolute Gasteiger partial charge is 0.490 e. The van der Waals surface area contributed by atoms with Crippen molar-refractivity contribution in [1.82, 2.24) is 10.3 Å². The standard InChI is InChI=1S/C19H30N2OS.C7H5FO2/c23-9-7-15-3-5-16(6-4-15)10-17-11-19(13-20-12-17)22-14-18-2-1-8-21-18;8-6-3-1-2-5(4-6)7(9)10/h11-13,15-16,18,21,23H,1-10,14H2;1-4H,(H,9,10)/t15?,16?,18-;/m0./s1. The van der Waals surface area contributed by atoms with Crippen LogP contribution in [0, 0.1) is 17.7 Å². The Hall–Kier alpha value is -2.12. The predicted octanol–water partition coefficient (Wildman–Crippen LogP) is 5.41. The number of carboxylic acids is 1. The zero-order valence-corrected chi connectivity index (χ0v) is 20.0. The second-order valence-electron chi connectivity index (χ2n) is 9.05. The smallest absolute Gasteiger partial charge is 0.335 e. The number of aromatic carboxylic acids is 1. The molecule has 1 aromatic carbocycles. The lowest BCUT2D eigenvalue weighted by atomic mass is 9.78. The van der Waals surface area contributed by atoms with Crippen molar-refractivity contribution in [2.45, 2.75) is 57.4 Å². The number of pyridine rings is 1. The van der Waals surface area contributed by atoms with E-state index in [9.17, 15) is 9.18 Å². The van der Waals surface area contributed by atoms with Crippen molar-refractivity contribution in [3.63, 3.8) is 0 Å². The minimum atomic E-state index is -1.11. The van der Waals surface area contributed by atoms with Crippen LogP contribution in [0.4, 0.5) is 4.39 Å². The monoisotopic (exact) mass is 474 g/mol. The zero-order chi connectivity index (χ0) is 23.5. The molecule has 2 N–H and O–H groups in total. The van der Waals surface area contributed by atoms with Crippen LogP contribution < -0.4 is 10.1 Å². The molecule has 7 heteroatoms. The maximum absolute atomic E-state index is 12.3. The summed E-state index contributed by atoms with van der Waals surface area (Å²) in [7, 11) is 0. The van der Waals surface area contributed by atoms with Crippen LogP contribution in [0.5, 0.6) is 5.75 Å². The number of ether oxygens (including phenoxy) is 1. The molecule has 2 aliphatic rings. The Morgan fingerprint density at radius 1 is 1.15 bits per heavy atom. The van der Waals surface area contributed by atoms with Gasteiger partial charge in [0.25, 0.3) is 0 Å². The Morgan fingerprint density at radius 3 is 2.58 bits per heavy atom. The highest BCUT2D eigenvalue weighted by molar-refractivity contribution is 7.80. The third kappa shape index (κ3) is 8.97. The summed E-state index contributed by atoms with van der Waals surface area (Å²) in [4.78, 5) is 14.6. The number of benzene rings is 1. The normalized spacial score (nSPS) is 22.3. The van der Waals surface area contributed by atoms with Crippen molar-refractivity contribution < 1.29 is 19.0 Å². The van der Waals surface area contributed by atoms with Gasteiger partial charge in [-0.3, -0.25) is 4.98 Å². The minimum Gasteiger partial charge on any atom is -0.490 e. The van der Waals surface area contributed by atoms with Crippen molar-refractivity contribution in [2.24, 2.45) is 11.8 Å². The Bertz CT molecular complexity index is 868. The number of carbonyl (C=O) groups is 1. The van der Waals surface area contributed by atoms with Gasteiger partial charge in [0.2, 0.25) is 0 Å². The van der Waals surface area contributed by atoms with Crippen molar-refractivity contribution in [1.29, 1.82) is 0 Å². The number of aromatic nitrogens is 1. The molecule has 1 saturated heterocycles. The second kappa shape index (κ2) is 13.6. The highest BCUT2D eigenvalue weighted by Crippen LogP contribution is 2.33. The zero-order valence-electron chi connectivity index (χ0n) is 19.1. The highest BCUT2D eigenvalue weighted by atomic mass is 32.1. The lowest BCUT2D eigenvalue weighted by molar-refractivity contribution is 0.0696. The average molecular weight is 475 g/mol. The van der Waals surface area contributed by atoms with E-state index in [-0.39, 0.29) is 5.56 Å². The van der Waals surface area contributed by atoms with Crippen molar-refractivity contribution in [2.75, 3.05) is 18.9 Å². The van der Waals surface area contributed by atoms with Gasteiger partial charge in [0, 0.05) is 12.2 Å². The average Bonchev–Trinajstić information content (AvgIpc) is 3.34. The predicted molar refractivity (Wildman–Crippen MR) is 132 cm³/mol. The number of rotatable bonds is 8. The highest BCUT2D eigenvalue weighted by Gasteiger charge is 2.21. The third-order valence-electron chi connectivity index (χ3n) is 6.48. The fourth-order valence-corrected chi connectivity index (χ4v) is 4.98. The summed E-state index contributed by atoms with van der Waals surface area (Å²) < 4.78 is 18.2. The Labute approximate surface area is 201 Å². The summed E-state index contributed by atoms with van der Waals surface area (Å²) in [5, 5.41) is 11.8. The van der Waals surface area contributed by atoms with Crippen LogP contribution in [0.15, 0.2) is 42.7 Å². The number of nitrogens with one attached hydrogen (secondary N) is 1. The molecule has 1 saturated carbocycles. The SMILES string of the molecule is O=C(O)c1cccc(F)c1.SCCC1CCC(Cc2cncc(OC[C@@H]3CCCN3)c2)CC1. The number of hydrogen-bond acceptors (Lipinski definition) is 5. The number of thiol groups is 1. The fraction of sp³-hybridized carbons (Fsp3) is 0.538. The molecule has 2 aromatic rings. The van der Waals surface area contributed by atoms with Crippen molar-refractivity contribution in [3.05, 3.63) is 59.7 Å². The first-order chi connectivity index (χ1) is 16.0. The minimum absolute atomic E-state index is 0.0278. The molecule has 2 fully saturated rings. The van der Waals surface area contributed by atoms with E-state index in [1.165, 1.54) is 68.7 Å². The number of halogens is 1. The molecule has 1 aromatic heterocycles. The topological polar surface area (TPSA) is 71.5 Å². The van der Waals surface area contributed by atoms with Crippen LogP contribution in [0.1, 0.15) is 60.9 Å². The van der Waals surface area contributed by atoms with Gasteiger partial charge in [-0.25, -0.2) is 9.18 Å². The first-order valence-corrected chi connectivity index (χ1v) is 12.6. The van der Waals surface area contributed by atoms with Crippen LogP contribution in [0.3, 0.4) is 0 Å². The molecular weight excluding hydrogens is 439 g/mol. The Balaban J connectivity index is 0.000000257. The van der Waals surface area contributed by atoms with Crippen molar-refractivity contribution in [3.8, 4) is 5.75 Å². The lowest BCUT2D eigenvalue weighted by Gasteiger charge is -2.28. The van der Waals surface area contributed by atoms with Gasteiger partial charge in [-0.05, 0) is 92.5 Å². The van der Waals surface area contributed by atoms with Gasteiger partial charge in [-0.2, -0.15) is 12.6 Å². The first-order valence-electron chi connectivity index (χ1n) is 11.9. The molecule has 2 heterocycles. The molecule has 0 bridgehead atoms. The van der Waals surface area contributed by atoms with Crippen LogP contribution in [-0.2, 0) is 6.42 Å². The summed E-state index contributed by atoms with van der Waals surface area (Å²) in [5.41, 5.74) is 1.31. The molecule has 0 unspecified atom stereocenters. The van der Waals surface area contributed by atoms with Gasteiger partial charge in [0.15, 0.2) is 0 Å². The molecule has 180 valence electrons. The van der Waals surface area contributed by atoms with Gasteiger partial charge < -0.3 is 15.2 Å². The van der Waals surface area contributed by atoms with E-state index in [1.54, 1.807) is 0 Å². The summed E-state index contributed by atoms with van der Waals surface area (Å²) in [6.07, 6.45) is 14.3. The Morgan fingerprint density at radius 2 is 1.94 bits per heavy atom. The maximum atomic E-state index is 12.3. The number of carboxylic acid groups (broad SMARTS) is 1. The molecule has 0 radical (unpaired) electrons. The summed E-state index contributed by atoms with van der Waals surface area (Å²) >= 11 is 4.37. The van der Waals surface area contributed by atoms with Gasteiger partial charge in [0.05, 0.1) is 11.8 Å². The molecule has 5 nitrogen and oxygen atoms in total.